The maximum absolute atomic E-state index is 16.1. The van der Waals surface area contributed by atoms with Crippen molar-refractivity contribution < 1.29 is 9.18 Å². The Labute approximate surface area is 222 Å². The van der Waals surface area contributed by atoms with Crippen LogP contribution in [0.5, 0.6) is 0 Å². The van der Waals surface area contributed by atoms with E-state index in [9.17, 15) is 4.79 Å². The Balaban J connectivity index is 1.26. The summed E-state index contributed by atoms with van der Waals surface area (Å²) in [4.78, 5) is 38.1. The Morgan fingerprint density at radius 2 is 1.95 bits per heavy atom. The van der Waals surface area contributed by atoms with Gasteiger partial charge in [0.1, 0.15) is 16.9 Å². The number of nitrogens with zero attached hydrogens (tertiary/aromatic N) is 7. The second kappa shape index (κ2) is 9.38. The lowest BCUT2D eigenvalue weighted by Crippen LogP contribution is -2.44. The third-order valence-corrected chi connectivity index (χ3v) is 7.73. The van der Waals surface area contributed by atoms with Crippen molar-refractivity contribution in [2.75, 3.05) is 43.4 Å². The fourth-order valence-electron chi connectivity index (χ4n) is 5.21. The van der Waals surface area contributed by atoms with Crippen LogP contribution in [-0.2, 0) is 4.79 Å². The number of halogens is 1. The van der Waals surface area contributed by atoms with E-state index in [1.807, 2.05) is 6.07 Å². The van der Waals surface area contributed by atoms with Gasteiger partial charge >= 0.3 is 0 Å². The zero-order valence-corrected chi connectivity index (χ0v) is 21.4. The molecule has 7 rings (SSSR count). The average Bonchev–Trinajstić information content (AvgIpc) is 3.53. The van der Waals surface area contributed by atoms with Crippen LogP contribution in [0, 0.1) is 11.7 Å². The molecule has 198 valence electrons. The molecule has 5 aromatic heterocycles. The normalized spacial score (nSPS) is 16.6. The van der Waals surface area contributed by atoms with E-state index in [1.54, 1.807) is 24.7 Å². The quantitative estimate of drug-likeness (QED) is 0.317. The van der Waals surface area contributed by atoms with Crippen LogP contribution in [0.4, 0.5) is 15.8 Å². The first-order valence-corrected chi connectivity index (χ1v) is 13.1. The first-order chi connectivity index (χ1) is 19.0. The number of likely N-dealkylation sites (N-methyl/N-ethyl adjacent to an activating group) is 1. The van der Waals surface area contributed by atoms with E-state index in [0.717, 1.165) is 56.6 Å². The van der Waals surface area contributed by atoms with Gasteiger partial charge in [-0.3, -0.25) is 19.9 Å². The number of piperazine rings is 1. The fraction of sp³-hybridized carbons (Fsp3) is 0.333. The molecule has 1 saturated carbocycles. The summed E-state index contributed by atoms with van der Waals surface area (Å²) in [6.45, 7) is 3.71. The number of fused-ring (bicyclic) bond motifs is 2. The van der Waals surface area contributed by atoms with Crippen molar-refractivity contribution >= 4 is 39.3 Å². The number of pyridine rings is 3. The van der Waals surface area contributed by atoms with Crippen molar-refractivity contribution in [3.8, 4) is 22.8 Å². The number of nitrogens with one attached hydrogen (secondary N) is 3. The Morgan fingerprint density at radius 3 is 2.74 bits per heavy atom. The molecular formula is C27H27FN10O. The topological polar surface area (TPSA) is 132 Å². The van der Waals surface area contributed by atoms with Crippen LogP contribution < -0.4 is 10.2 Å². The maximum atomic E-state index is 16.1. The van der Waals surface area contributed by atoms with Crippen molar-refractivity contribution in [1.82, 2.24) is 40.0 Å². The lowest BCUT2D eigenvalue weighted by atomic mass is 9.85. The van der Waals surface area contributed by atoms with Crippen molar-refractivity contribution in [1.29, 1.82) is 0 Å². The summed E-state index contributed by atoms with van der Waals surface area (Å²) in [5, 5.41) is 10.4. The van der Waals surface area contributed by atoms with E-state index in [0.29, 0.717) is 33.9 Å². The summed E-state index contributed by atoms with van der Waals surface area (Å²) in [6.07, 6.45) is 9.24. The highest BCUT2D eigenvalue weighted by atomic mass is 19.1. The van der Waals surface area contributed by atoms with Gasteiger partial charge in [-0.25, -0.2) is 14.4 Å². The molecule has 1 aliphatic heterocycles. The lowest BCUT2D eigenvalue weighted by Gasteiger charge is -2.33. The van der Waals surface area contributed by atoms with Crippen LogP contribution >= 0.6 is 0 Å². The summed E-state index contributed by atoms with van der Waals surface area (Å²) < 4.78 is 16.1. The minimum absolute atomic E-state index is 0.0309. The van der Waals surface area contributed by atoms with Gasteiger partial charge in [0.2, 0.25) is 5.91 Å². The summed E-state index contributed by atoms with van der Waals surface area (Å²) in [5.74, 6) is -0.131. The molecule has 5 aromatic rings. The predicted octanol–water partition coefficient (Wildman–Crippen LogP) is 3.59. The van der Waals surface area contributed by atoms with Gasteiger partial charge in [0.25, 0.3) is 0 Å². The average molecular weight is 527 g/mol. The number of hydrogen-bond acceptors (Lipinski definition) is 8. The number of amides is 1. The molecule has 0 radical (unpaired) electrons. The van der Waals surface area contributed by atoms with E-state index in [2.05, 4.69) is 52.3 Å². The lowest BCUT2D eigenvalue weighted by molar-refractivity contribution is -0.122. The van der Waals surface area contributed by atoms with E-state index in [1.165, 1.54) is 6.20 Å². The number of imidazole rings is 1. The van der Waals surface area contributed by atoms with Crippen LogP contribution in [0.25, 0.3) is 44.8 Å². The number of hydrogen-bond donors (Lipinski definition) is 3. The zero-order chi connectivity index (χ0) is 26.5. The third kappa shape index (κ3) is 4.16. The molecule has 2 fully saturated rings. The second-order valence-electron chi connectivity index (χ2n) is 10.3. The Hall–Kier alpha value is -4.45. The molecule has 0 spiro atoms. The Morgan fingerprint density at radius 1 is 1.10 bits per heavy atom. The van der Waals surface area contributed by atoms with Crippen molar-refractivity contribution in [2.45, 2.75) is 19.3 Å². The smallest absolute Gasteiger partial charge is 0.227 e. The van der Waals surface area contributed by atoms with Crippen molar-refractivity contribution in [2.24, 2.45) is 5.92 Å². The monoisotopic (exact) mass is 526 g/mol. The number of anilines is 2. The molecule has 3 N–H and O–H groups in total. The van der Waals surface area contributed by atoms with Gasteiger partial charge in [-0.1, -0.05) is 6.42 Å². The van der Waals surface area contributed by atoms with E-state index >= 15 is 4.39 Å². The first kappa shape index (κ1) is 23.7. The van der Waals surface area contributed by atoms with Crippen molar-refractivity contribution in [3.05, 3.63) is 42.7 Å². The Bertz CT molecular complexity index is 1700. The van der Waals surface area contributed by atoms with Crippen LogP contribution in [0.2, 0.25) is 0 Å². The maximum Gasteiger partial charge on any atom is 0.227 e. The van der Waals surface area contributed by atoms with Crippen LogP contribution in [-0.4, -0.2) is 79.2 Å². The SMILES string of the molecule is CN1CCN(c2ccnc3[nH]c(-c4n[nH]c5cnc(-c6cncc(NC(=O)C7CCC7)c6)c(F)c45)nc23)CC1. The third-order valence-electron chi connectivity index (χ3n) is 7.73. The van der Waals surface area contributed by atoms with Gasteiger partial charge in [-0.05, 0) is 32.0 Å². The van der Waals surface area contributed by atoms with Gasteiger partial charge in [-0.2, -0.15) is 5.10 Å². The zero-order valence-electron chi connectivity index (χ0n) is 21.4. The fourth-order valence-corrected chi connectivity index (χ4v) is 5.21. The van der Waals surface area contributed by atoms with E-state index < -0.39 is 5.82 Å². The summed E-state index contributed by atoms with van der Waals surface area (Å²) >= 11 is 0. The number of carbonyl (C=O) groups excluding carboxylic acids is 1. The molecule has 12 heteroatoms. The van der Waals surface area contributed by atoms with Crippen LogP contribution in [0.15, 0.2) is 36.9 Å². The molecule has 11 nitrogen and oxygen atoms in total. The number of rotatable bonds is 5. The molecule has 2 aliphatic rings. The molecule has 1 aliphatic carbocycles. The molecule has 0 atom stereocenters. The molecule has 39 heavy (non-hydrogen) atoms. The van der Waals surface area contributed by atoms with Crippen LogP contribution in [0.1, 0.15) is 19.3 Å². The molecule has 1 amide bonds. The van der Waals surface area contributed by atoms with Crippen molar-refractivity contribution in [3.63, 3.8) is 0 Å². The summed E-state index contributed by atoms with van der Waals surface area (Å²) in [5.41, 5.74) is 4.20. The highest BCUT2D eigenvalue weighted by Gasteiger charge is 2.26. The minimum Gasteiger partial charge on any atom is -0.367 e. The number of aromatic amines is 2. The first-order valence-electron chi connectivity index (χ1n) is 13.1. The van der Waals surface area contributed by atoms with Crippen LogP contribution in [0.3, 0.4) is 0 Å². The van der Waals surface area contributed by atoms with E-state index in [4.69, 9.17) is 4.98 Å². The number of aromatic nitrogens is 7. The number of H-pyrrole nitrogens is 2. The van der Waals surface area contributed by atoms with E-state index in [-0.39, 0.29) is 22.9 Å². The standard InChI is InChI=1S/C27H27FN10O/c1-37-7-9-38(10-8-37)19-5-6-30-25-23(19)33-26(34-25)24-20-18(35-36-24)14-31-22(21(20)28)16-11-17(13-29-12-16)32-27(39)15-3-2-4-15/h5-6,11-15H,2-4,7-10H2,1H3,(H,32,39)(H,35,36)(H,30,33,34). The minimum atomic E-state index is -0.548. The molecule has 1 saturated heterocycles. The van der Waals surface area contributed by atoms with Gasteiger partial charge < -0.3 is 20.1 Å². The van der Waals surface area contributed by atoms with Gasteiger partial charge in [0.15, 0.2) is 17.3 Å². The molecular weight excluding hydrogens is 499 g/mol. The van der Waals surface area contributed by atoms with Gasteiger partial charge in [0.05, 0.1) is 34.7 Å². The van der Waals surface area contributed by atoms with Gasteiger partial charge in [0, 0.05) is 50.1 Å². The second-order valence-corrected chi connectivity index (χ2v) is 10.3. The highest BCUT2D eigenvalue weighted by molar-refractivity contribution is 5.97. The summed E-state index contributed by atoms with van der Waals surface area (Å²) in [6, 6.07) is 3.65. The molecule has 0 unspecified atom stereocenters. The Kier molecular flexibility index (Phi) is 5.69. The molecule has 0 bridgehead atoms. The predicted molar refractivity (Wildman–Crippen MR) is 146 cm³/mol. The molecule has 6 heterocycles. The van der Waals surface area contributed by atoms with Gasteiger partial charge in [-0.15, -0.1) is 0 Å². The summed E-state index contributed by atoms with van der Waals surface area (Å²) in [7, 11) is 2.12. The number of carbonyl (C=O) groups is 1. The largest absolute Gasteiger partial charge is 0.367 e. The highest BCUT2D eigenvalue weighted by Crippen LogP contribution is 2.34. The molecule has 0 aromatic carbocycles.